The molecule has 7 heteroatoms. The summed E-state index contributed by atoms with van der Waals surface area (Å²) in [4.78, 5) is 26.2. The molecule has 30 heavy (non-hydrogen) atoms. The molecule has 0 heterocycles. The average molecular weight is 403 g/mol. The van der Waals surface area contributed by atoms with E-state index in [0.29, 0.717) is 24.1 Å². The second kappa shape index (κ2) is 12.4. The molecule has 0 aromatic heterocycles. The number of rotatable bonds is 10. The predicted octanol–water partition coefficient (Wildman–Crippen LogP) is 4.36. The first-order chi connectivity index (χ1) is 14.6. The van der Waals surface area contributed by atoms with Crippen LogP contribution in [0, 0.1) is 6.57 Å². The fraction of sp³-hybridized carbons (Fsp3) is 0.174. The zero-order chi connectivity index (χ0) is 21.6. The first kappa shape index (κ1) is 22.2. The van der Waals surface area contributed by atoms with Crippen LogP contribution in [-0.4, -0.2) is 37.6 Å². The van der Waals surface area contributed by atoms with Crippen LogP contribution in [0.3, 0.4) is 0 Å². The molecule has 2 aromatic carbocycles. The molecule has 152 valence electrons. The number of carbonyl (C=O) groups excluding carboxylic acids is 2. The number of hydrogen-bond acceptors (Lipinski definition) is 6. The van der Waals surface area contributed by atoms with E-state index in [-0.39, 0.29) is 13.2 Å². The van der Waals surface area contributed by atoms with Gasteiger partial charge in [-0.25, -0.2) is 14.4 Å². The maximum Gasteiger partial charge on any atom is 0.338 e. The first-order valence-electron chi connectivity index (χ1n) is 9.22. The third-order valence-electron chi connectivity index (χ3n) is 3.83. The van der Waals surface area contributed by atoms with Gasteiger partial charge in [0.25, 0.3) is 0 Å². The van der Waals surface area contributed by atoms with E-state index in [4.69, 9.17) is 16.0 Å². The molecule has 0 fully saturated rings. The molecule has 0 atom stereocenters. The number of unbranched alkanes of at least 4 members (excludes halogenated alkanes) is 1. The molecule has 2 rings (SSSR count). The fourth-order valence-corrected chi connectivity index (χ4v) is 2.22. The van der Waals surface area contributed by atoms with Crippen LogP contribution in [-0.2, 0) is 14.3 Å². The van der Waals surface area contributed by atoms with E-state index in [2.05, 4.69) is 21.6 Å². The summed E-state index contributed by atoms with van der Waals surface area (Å²) < 4.78 is 10.0. The second-order valence-electron chi connectivity index (χ2n) is 6.03. The Bertz CT molecular complexity index is 955. The van der Waals surface area contributed by atoms with Gasteiger partial charge in [-0.3, -0.25) is 0 Å². The molecule has 0 N–H and O–H groups in total. The van der Waals surface area contributed by atoms with Crippen molar-refractivity contribution in [1.82, 2.24) is 0 Å². The lowest BCUT2D eigenvalue weighted by atomic mass is 10.1. The zero-order valence-corrected chi connectivity index (χ0v) is 16.4. The Hall–Kier alpha value is -4.05. The topological polar surface area (TPSA) is 81.7 Å². The zero-order valence-electron chi connectivity index (χ0n) is 16.4. The summed E-state index contributed by atoms with van der Waals surface area (Å²) in [5.74, 6) is -0.876. The number of esters is 2. The molecule has 0 amide bonds. The van der Waals surface area contributed by atoms with Gasteiger partial charge in [-0.1, -0.05) is 43.0 Å². The van der Waals surface area contributed by atoms with Crippen LogP contribution in [0.4, 0.5) is 5.69 Å². The van der Waals surface area contributed by atoms with Crippen LogP contribution >= 0.6 is 0 Å². The van der Waals surface area contributed by atoms with E-state index in [1.165, 1.54) is 0 Å². The normalized spacial score (nSPS) is 10.6. The lowest BCUT2D eigenvalue weighted by Gasteiger charge is -2.05. The van der Waals surface area contributed by atoms with Gasteiger partial charge in [0.05, 0.1) is 37.8 Å². The third-order valence-corrected chi connectivity index (χ3v) is 3.83. The van der Waals surface area contributed by atoms with Crippen molar-refractivity contribution in [3.05, 3.63) is 89.3 Å². The van der Waals surface area contributed by atoms with Gasteiger partial charge in [0.15, 0.2) is 5.69 Å². The second-order valence-corrected chi connectivity index (χ2v) is 6.03. The summed E-state index contributed by atoms with van der Waals surface area (Å²) in [5.41, 5.74) is 2.64. The highest BCUT2D eigenvalue weighted by Gasteiger charge is 2.06. The lowest BCUT2D eigenvalue weighted by Crippen LogP contribution is -2.08. The fourth-order valence-electron chi connectivity index (χ4n) is 2.22. The first-order valence-corrected chi connectivity index (χ1v) is 9.22. The van der Waals surface area contributed by atoms with Gasteiger partial charge in [0, 0.05) is 6.08 Å². The molecule has 0 saturated heterocycles. The maximum absolute atomic E-state index is 12.0. The Kier molecular flexibility index (Phi) is 9.21. The summed E-state index contributed by atoms with van der Waals surface area (Å²) in [6.45, 7) is 10.7. The molecule has 0 radical (unpaired) electrons. The van der Waals surface area contributed by atoms with E-state index in [1.807, 2.05) is 0 Å². The Balaban J connectivity index is 1.74. The monoisotopic (exact) mass is 403 g/mol. The molecule has 0 bridgehead atoms. The van der Waals surface area contributed by atoms with Crippen LogP contribution in [0.2, 0.25) is 0 Å². The molecule has 7 nitrogen and oxygen atoms in total. The van der Waals surface area contributed by atoms with E-state index < -0.39 is 11.9 Å². The van der Waals surface area contributed by atoms with Gasteiger partial charge < -0.3 is 9.47 Å². The van der Waals surface area contributed by atoms with Crippen molar-refractivity contribution in [3.63, 3.8) is 0 Å². The SMILES string of the molecule is [C-]#[N+]c1ccc(/C=N/N=C/c2ccc(C(=O)OCCCCOC(=O)C=C)cc2)cc1. The van der Waals surface area contributed by atoms with E-state index in [0.717, 1.165) is 17.2 Å². The number of carbonyl (C=O) groups is 2. The molecule has 2 aromatic rings. The highest BCUT2D eigenvalue weighted by Crippen LogP contribution is 2.11. The van der Waals surface area contributed by atoms with Crippen LogP contribution in [0.25, 0.3) is 4.85 Å². The van der Waals surface area contributed by atoms with Crippen molar-refractivity contribution in [2.75, 3.05) is 13.2 Å². The minimum Gasteiger partial charge on any atom is -0.463 e. The van der Waals surface area contributed by atoms with Crippen LogP contribution in [0.5, 0.6) is 0 Å². The Morgan fingerprint density at radius 2 is 1.43 bits per heavy atom. The minimum absolute atomic E-state index is 0.249. The van der Waals surface area contributed by atoms with Crippen LogP contribution in [0.15, 0.2) is 71.4 Å². The van der Waals surface area contributed by atoms with Crippen molar-refractivity contribution < 1.29 is 19.1 Å². The highest BCUT2D eigenvalue weighted by atomic mass is 16.5. The summed E-state index contributed by atoms with van der Waals surface area (Å²) in [5, 5.41) is 7.95. The van der Waals surface area contributed by atoms with Gasteiger partial charge in [0.2, 0.25) is 0 Å². The maximum atomic E-state index is 12.0. The molecule has 0 spiro atoms. The van der Waals surface area contributed by atoms with Crippen molar-refractivity contribution in [2.24, 2.45) is 10.2 Å². The molecule has 0 aliphatic carbocycles. The van der Waals surface area contributed by atoms with Crippen LogP contribution in [0.1, 0.15) is 34.3 Å². The predicted molar refractivity (Wildman–Crippen MR) is 115 cm³/mol. The largest absolute Gasteiger partial charge is 0.463 e. The Labute approximate surface area is 175 Å². The van der Waals surface area contributed by atoms with E-state index in [9.17, 15) is 9.59 Å². The molecule has 0 saturated carbocycles. The van der Waals surface area contributed by atoms with Crippen molar-refractivity contribution >= 4 is 30.1 Å². The van der Waals surface area contributed by atoms with Gasteiger partial charge in [-0.2, -0.15) is 10.2 Å². The van der Waals surface area contributed by atoms with Crippen molar-refractivity contribution in [2.45, 2.75) is 12.8 Å². The summed E-state index contributed by atoms with van der Waals surface area (Å²) in [6.07, 6.45) is 5.47. The van der Waals surface area contributed by atoms with Crippen molar-refractivity contribution in [1.29, 1.82) is 0 Å². The third kappa shape index (κ3) is 7.90. The smallest absolute Gasteiger partial charge is 0.338 e. The molecular formula is C23H21N3O4. The standard InChI is InChI=1S/C23H21N3O4/c1-3-22(27)29-14-4-5-15-30-23(28)20-10-6-18(7-11-20)16-25-26-17-19-8-12-21(24-2)13-9-19/h3,6-13,16-17H,1,4-5,14-15H2/b25-16+,26-17+. The number of benzene rings is 2. The molecule has 0 aliphatic heterocycles. The lowest BCUT2D eigenvalue weighted by molar-refractivity contribution is -0.137. The number of ether oxygens (including phenoxy) is 2. The van der Waals surface area contributed by atoms with Crippen LogP contribution < -0.4 is 0 Å². The summed E-state index contributed by atoms with van der Waals surface area (Å²) in [7, 11) is 0. The molecular weight excluding hydrogens is 382 g/mol. The molecule has 0 aliphatic rings. The molecule has 0 unspecified atom stereocenters. The number of hydrogen-bond donors (Lipinski definition) is 0. The van der Waals surface area contributed by atoms with Gasteiger partial charge >= 0.3 is 11.9 Å². The van der Waals surface area contributed by atoms with E-state index in [1.54, 1.807) is 61.0 Å². The quantitative estimate of drug-likeness (QED) is 0.147. The van der Waals surface area contributed by atoms with Gasteiger partial charge in [0.1, 0.15) is 0 Å². The van der Waals surface area contributed by atoms with E-state index >= 15 is 0 Å². The summed E-state index contributed by atoms with van der Waals surface area (Å²) >= 11 is 0. The Morgan fingerprint density at radius 3 is 1.97 bits per heavy atom. The highest BCUT2D eigenvalue weighted by molar-refractivity contribution is 5.91. The average Bonchev–Trinajstić information content (AvgIpc) is 2.79. The van der Waals surface area contributed by atoms with Crippen molar-refractivity contribution in [3.8, 4) is 0 Å². The minimum atomic E-state index is -0.462. The summed E-state index contributed by atoms with van der Waals surface area (Å²) in [6, 6.07) is 13.8. The Morgan fingerprint density at radius 1 is 0.900 bits per heavy atom. The van der Waals surface area contributed by atoms with Gasteiger partial charge in [-0.15, -0.1) is 0 Å². The van der Waals surface area contributed by atoms with Gasteiger partial charge in [-0.05, 0) is 36.1 Å². The number of nitrogens with zero attached hydrogens (tertiary/aromatic N) is 3.